The third-order valence-corrected chi connectivity index (χ3v) is 3.59. The minimum Gasteiger partial charge on any atom is -0.399 e. The van der Waals surface area contributed by atoms with Gasteiger partial charge >= 0.3 is 0 Å². The van der Waals surface area contributed by atoms with Crippen LogP contribution in [0.15, 0.2) is 18.2 Å². The molecule has 3 nitrogen and oxygen atoms in total. The minimum absolute atomic E-state index is 0.247. The van der Waals surface area contributed by atoms with Gasteiger partial charge in [0.25, 0.3) is 0 Å². The summed E-state index contributed by atoms with van der Waals surface area (Å²) in [5.41, 5.74) is 9.34. The molecule has 0 saturated heterocycles. The van der Waals surface area contributed by atoms with Crippen molar-refractivity contribution in [2.75, 3.05) is 12.3 Å². The van der Waals surface area contributed by atoms with Crippen molar-refractivity contribution in [3.05, 3.63) is 29.3 Å². The third kappa shape index (κ3) is 3.24. The molecular weight excluding hydrogens is 224 g/mol. The summed E-state index contributed by atoms with van der Waals surface area (Å²) in [5, 5.41) is 13.4. The van der Waals surface area contributed by atoms with Crippen molar-refractivity contribution >= 4 is 5.69 Å². The molecule has 1 aromatic rings. The van der Waals surface area contributed by atoms with E-state index >= 15 is 0 Å². The molecule has 2 rings (SSSR count). The van der Waals surface area contributed by atoms with Gasteiger partial charge in [0.05, 0.1) is 6.10 Å². The number of hydrogen-bond acceptors (Lipinski definition) is 3. The maximum Gasteiger partial charge on any atom is 0.0667 e. The highest BCUT2D eigenvalue weighted by Crippen LogP contribution is 2.32. The number of aliphatic hydroxyl groups is 1. The van der Waals surface area contributed by atoms with Gasteiger partial charge in [-0.25, -0.2) is 0 Å². The maximum atomic E-state index is 9.89. The Kier molecular flexibility index (Phi) is 4.25. The van der Waals surface area contributed by atoms with E-state index < -0.39 is 0 Å². The van der Waals surface area contributed by atoms with Crippen LogP contribution >= 0.6 is 0 Å². The Bertz CT molecular complexity index is 403. The van der Waals surface area contributed by atoms with Gasteiger partial charge in [0.15, 0.2) is 0 Å². The fourth-order valence-electron chi connectivity index (χ4n) is 2.76. The molecule has 0 spiro atoms. The Morgan fingerprint density at radius 2 is 2.22 bits per heavy atom. The summed E-state index contributed by atoms with van der Waals surface area (Å²) >= 11 is 0. The van der Waals surface area contributed by atoms with Crippen LogP contribution in [0.2, 0.25) is 0 Å². The first-order valence-electron chi connectivity index (χ1n) is 6.86. The van der Waals surface area contributed by atoms with E-state index in [4.69, 9.17) is 5.73 Å². The van der Waals surface area contributed by atoms with Gasteiger partial charge in [-0.1, -0.05) is 19.9 Å². The van der Waals surface area contributed by atoms with E-state index in [2.05, 4.69) is 31.3 Å². The Hall–Kier alpha value is -1.06. The molecule has 100 valence electrons. The summed E-state index contributed by atoms with van der Waals surface area (Å²) in [6, 6.07) is 6.53. The van der Waals surface area contributed by atoms with Crippen molar-refractivity contribution in [2.45, 2.75) is 45.3 Å². The molecule has 3 heteroatoms. The number of aryl methyl sites for hydroxylation is 1. The normalized spacial score (nSPS) is 20.1. The van der Waals surface area contributed by atoms with Gasteiger partial charge < -0.3 is 16.2 Å². The van der Waals surface area contributed by atoms with Gasteiger partial charge in [-0.3, -0.25) is 0 Å². The molecule has 0 heterocycles. The van der Waals surface area contributed by atoms with Crippen molar-refractivity contribution in [1.82, 2.24) is 5.32 Å². The molecule has 0 fully saturated rings. The number of hydrogen-bond donors (Lipinski definition) is 3. The lowest BCUT2D eigenvalue weighted by molar-refractivity contribution is 0.142. The fraction of sp³-hybridized carbons (Fsp3) is 0.600. The molecule has 2 atom stereocenters. The smallest absolute Gasteiger partial charge is 0.0667 e. The van der Waals surface area contributed by atoms with E-state index in [9.17, 15) is 5.11 Å². The molecule has 0 aromatic heterocycles. The third-order valence-electron chi connectivity index (χ3n) is 3.59. The zero-order valence-electron chi connectivity index (χ0n) is 11.3. The highest BCUT2D eigenvalue weighted by molar-refractivity contribution is 5.47. The SMILES string of the molecule is CC(C)CC(O)CNC1CCc2cc(N)ccc21. The zero-order valence-corrected chi connectivity index (χ0v) is 11.3. The minimum atomic E-state index is -0.247. The van der Waals surface area contributed by atoms with Crippen LogP contribution < -0.4 is 11.1 Å². The van der Waals surface area contributed by atoms with Crippen molar-refractivity contribution < 1.29 is 5.11 Å². The first kappa shape index (κ1) is 13.4. The number of nitrogens with two attached hydrogens (primary N) is 1. The summed E-state index contributed by atoms with van der Waals surface area (Å²) in [5.74, 6) is 0.539. The lowest BCUT2D eigenvalue weighted by Gasteiger charge is -2.18. The Labute approximate surface area is 109 Å². The van der Waals surface area contributed by atoms with Crippen LogP contribution in [0.4, 0.5) is 5.69 Å². The largest absolute Gasteiger partial charge is 0.399 e. The fourth-order valence-corrected chi connectivity index (χ4v) is 2.76. The van der Waals surface area contributed by atoms with Crippen molar-refractivity contribution in [2.24, 2.45) is 5.92 Å². The molecule has 0 saturated carbocycles. The van der Waals surface area contributed by atoms with Crippen LogP contribution in [-0.4, -0.2) is 17.8 Å². The molecule has 4 N–H and O–H groups in total. The highest BCUT2D eigenvalue weighted by atomic mass is 16.3. The number of nitrogen functional groups attached to an aromatic ring is 1. The number of rotatable bonds is 5. The first-order chi connectivity index (χ1) is 8.56. The summed E-state index contributed by atoms with van der Waals surface area (Å²) in [6.45, 7) is 4.94. The average molecular weight is 248 g/mol. The van der Waals surface area contributed by atoms with Crippen LogP contribution in [0.3, 0.4) is 0 Å². The van der Waals surface area contributed by atoms with Crippen LogP contribution in [0.25, 0.3) is 0 Å². The second kappa shape index (κ2) is 5.72. The molecule has 0 radical (unpaired) electrons. The Balaban J connectivity index is 1.90. The Morgan fingerprint density at radius 1 is 1.44 bits per heavy atom. The maximum absolute atomic E-state index is 9.89. The topological polar surface area (TPSA) is 58.3 Å². The van der Waals surface area contributed by atoms with E-state index in [1.54, 1.807) is 0 Å². The molecule has 0 bridgehead atoms. The standard InChI is InChI=1S/C15H24N2O/c1-10(2)7-13(18)9-17-15-6-3-11-8-12(16)4-5-14(11)15/h4-5,8,10,13,15,17-18H,3,6-7,9,16H2,1-2H3. The van der Waals surface area contributed by atoms with Crippen LogP contribution in [0.1, 0.15) is 43.9 Å². The number of aliphatic hydroxyl groups excluding tert-OH is 1. The van der Waals surface area contributed by atoms with Gasteiger partial charge in [-0.15, -0.1) is 0 Å². The second-order valence-corrected chi connectivity index (χ2v) is 5.74. The average Bonchev–Trinajstić information content (AvgIpc) is 2.67. The summed E-state index contributed by atoms with van der Waals surface area (Å²) in [4.78, 5) is 0. The van der Waals surface area contributed by atoms with Gasteiger partial charge in [0, 0.05) is 18.3 Å². The van der Waals surface area contributed by atoms with E-state index in [1.807, 2.05) is 6.07 Å². The quantitative estimate of drug-likeness (QED) is 0.700. The van der Waals surface area contributed by atoms with Gasteiger partial charge in [0.1, 0.15) is 0 Å². The van der Waals surface area contributed by atoms with Crippen LogP contribution in [0, 0.1) is 5.92 Å². The molecule has 1 aromatic carbocycles. The number of fused-ring (bicyclic) bond motifs is 1. The molecule has 18 heavy (non-hydrogen) atoms. The number of nitrogens with one attached hydrogen (secondary N) is 1. The second-order valence-electron chi connectivity index (χ2n) is 5.74. The molecule has 0 amide bonds. The first-order valence-corrected chi connectivity index (χ1v) is 6.86. The van der Waals surface area contributed by atoms with Crippen LogP contribution in [0.5, 0.6) is 0 Å². The molecule has 1 aliphatic rings. The number of benzene rings is 1. The predicted molar refractivity (Wildman–Crippen MR) is 75.4 cm³/mol. The monoisotopic (exact) mass is 248 g/mol. The van der Waals surface area contributed by atoms with Crippen molar-refractivity contribution in [3.8, 4) is 0 Å². The summed E-state index contributed by atoms with van der Waals surface area (Å²) < 4.78 is 0. The van der Waals surface area contributed by atoms with E-state index in [0.29, 0.717) is 18.5 Å². The van der Waals surface area contributed by atoms with E-state index in [0.717, 1.165) is 24.9 Å². The van der Waals surface area contributed by atoms with E-state index in [-0.39, 0.29) is 6.10 Å². The molecule has 2 unspecified atom stereocenters. The lowest BCUT2D eigenvalue weighted by atomic mass is 10.0. The van der Waals surface area contributed by atoms with Gasteiger partial charge in [0.2, 0.25) is 0 Å². The lowest BCUT2D eigenvalue weighted by Crippen LogP contribution is -2.30. The van der Waals surface area contributed by atoms with E-state index in [1.165, 1.54) is 11.1 Å². The Morgan fingerprint density at radius 3 is 2.94 bits per heavy atom. The van der Waals surface area contributed by atoms with Crippen LogP contribution in [-0.2, 0) is 6.42 Å². The van der Waals surface area contributed by atoms with Crippen molar-refractivity contribution in [3.63, 3.8) is 0 Å². The van der Waals surface area contributed by atoms with Crippen molar-refractivity contribution in [1.29, 1.82) is 0 Å². The van der Waals surface area contributed by atoms with Gasteiger partial charge in [-0.05, 0) is 48.4 Å². The summed E-state index contributed by atoms with van der Waals surface area (Å²) in [6.07, 6.45) is 2.79. The number of anilines is 1. The molecular formula is C15H24N2O. The summed E-state index contributed by atoms with van der Waals surface area (Å²) in [7, 11) is 0. The molecule has 1 aliphatic carbocycles. The van der Waals surface area contributed by atoms with Gasteiger partial charge in [-0.2, -0.15) is 0 Å². The highest BCUT2D eigenvalue weighted by Gasteiger charge is 2.22. The predicted octanol–water partition coefficient (Wildman–Crippen LogP) is 2.25. The molecule has 0 aliphatic heterocycles. The zero-order chi connectivity index (χ0) is 13.1.